The Balaban J connectivity index is 3.67. The van der Waals surface area contributed by atoms with Gasteiger partial charge >= 0.3 is 0 Å². The molecule has 5 heteroatoms. The molecular weight excluding hydrogens is 222 g/mol. The zero-order chi connectivity index (χ0) is 12.4. The number of carbonyl (C=O) groups is 1. The smallest absolute Gasteiger partial charge is 0.223 e. The van der Waals surface area contributed by atoms with Crippen LogP contribution >= 0.6 is 11.8 Å². The Bertz CT molecular complexity index is 240. The first-order valence-electron chi connectivity index (χ1n) is 5.40. The Labute approximate surface area is 103 Å². The van der Waals surface area contributed by atoms with Crippen LogP contribution in [-0.4, -0.2) is 61.4 Å². The average molecular weight is 243 g/mol. The van der Waals surface area contributed by atoms with E-state index >= 15 is 0 Å². The molecule has 0 aliphatic carbocycles. The summed E-state index contributed by atoms with van der Waals surface area (Å²) in [7, 11) is 3.78. The number of thioether (sulfide) groups is 1. The van der Waals surface area contributed by atoms with Crippen LogP contribution in [0.4, 0.5) is 0 Å². The highest BCUT2D eigenvalue weighted by atomic mass is 32.2. The fourth-order valence-electron chi connectivity index (χ4n) is 1.18. The molecule has 0 fully saturated rings. The van der Waals surface area contributed by atoms with E-state index in [-0.39, 0.29) is 5.91 Å². The third-order valence-electron chi connectivity index (χ3n) is 2.37. The van der Waals surface area contributed by atoms with E-state index in [2.05, 4.69) is 11.2 Å². The number of nitrogens with zero attached hydrogens (tertiary/aromatic N) is 3. The molecule has 0 unspecified atom stereocenters. The number of rotatable bonds is 8. The van der Waals surface area contributed by atoms with Gasteiger partial charge in [-0.05, 0) is 13.3 Å². The van der Waals surface area contributed by atoms with E-state index in [1.165, 1.54) is 0 Å². The number of amides is 1. The molecule has 0 spiro atoms. The van der Waals surface area contributed by atoms with Crippen LogP contribution in [0.3, 0.4) is 0 Å². The lowest BCUT2D eigenvalue weighted by molar-refractivity contribution is -0.130. The van der Waals surface area contributed by atoms with E-state index in [0.29, 0.717) is 19.4 Å². The molecule has 4 nitrogen and oxygen atoms in total. The molecule has 0 aliphatic rings. The molecule has 0 atom stereocenters. The number of nitriles is 1. The number of carbonyl (C=O) groups excluding carboxylic acids is 1. The lowest BCUT2D eigenvalue weighted by atomic mass is 10.3. The summed E-state index contributed by atoms with van der Waals surface area (Å²) in [5.74, 6) is 1.21. The summed E-state index contributed by atoms with van der Waals surface area (Å²) >= 11 is 1.81. The normalized spacial score (nSPS) is 10.2. The van der Waals surface area contributed by atoms with Gasteiger partial charge in [0, 0.05) is 38.9 Å². The lowest BCUT2D eigenvalue weighted by Gasteiger charge is -2.19. The van der Waals surface area contributed by atoms with Crippen LogP contribution in [-0.2, 0) is 4.79 Å². The van der Waals surface area contributed by atoms with Gasteiger partial charge < -0.3 is 9.80 Å². The zero-order valence-electron chi connectivity index (χ0n) is 10.4. The first kappa shape index (κ1) is 15.3. The Morgan fingerprint density at radius 1 is 1.31 bits per heavy atom. The molecule has 0 radical (unpaired) electrons. The highest BCUT2D eigenvalue weighted by Crippen LogP contribution is 1.97. The van der Waals surface area contributed by atoms with E-state index in [9.17, 15) is 4.79 Å². The fourth-order valence-corrected chi connectivity index (χ4v) is 1.67. The van der Waals surface area contributed by atoms with E-state index in [4.69, 9.17) is 5.26 Å². The van der Waals surface area contributed by atoms with Crippen LogP contribution in [0, 0.1) is 11.3 Å². The third-order valence-corrected chi connectivity index (χ3v) is 2.96. The average Bonchev–Trinajstić information content (AvgIpc) is 2.30. The molecule has 1 amide bonds. The predicted molar refractivity (Wildman–Crippen MR) is 68.4 cm³/mol. The molecule has 0 bridgehead atoms. The van der Waals surface area contributed by atoms with Gasteiger partial charge in [-0.25, -0.2) is 0 Å². The van der Waals surface area contributed by atoms with Gasteiger partial charge in [-0.15, -0.1) is 0 Å². The topological polar surface area (TPSA) is 47.3 Å². The van der Waals surface area contributed by atoms with Crippen molar-refractivity contribution in [2.24, 2.45) is 0 Å². The van der Waals surface area contributed by atoms with Gasteiger partial charge in [0.1, 0.15) is 0 Å². The van der Waals surface area contributed by atoms with Crippen molar-refractivity contribution in [3.8, 4) is 6.07 Å². The van der Waals surface area contributed by atoms with Crippen LogP contribution in [0.2, 0.25) is 0 Å². The Hall–Kier alpha value is -0.730. The van der Waals surface area contributed by atoms with Gasteiger partial charge in [-0.1, -0.05) is 0 Å². The van der Waals surface area contributed by atoms with Crippen LogP contribution in [0.5, 0.6) is 0 Å². The van der Waals surface area contributed by atoms with Crippen LogP contribution in [0.25, 0.3) is 0 Å². The third kappa shape index (κ3) is 7.55. The van der Waals surface area contributed by atoms with Gasteiger partial charge in [0.15, 0.2) is 0 Å². The molecule has 0 saturated heterocycles. The predicted octanol–water partition coefficient (Wildman–Crippen LogP) is 1.04. The second-order valence-corrected chi connectivity index (χ2v) is 4.76. The first-order chi connectivity index (χ1) is 7.61. The van der Waals surface area contributed by atoms with E-state index in [1.54, 1.807) is 11.9 Å². The Kier molecular flexibility index (Phi) is 9.06. The van der Waals surface area contributed by atoms with Gasteiger partial charge in [0.05, 0.1) is 12.5 Å². The van der Waals surface area contributed by atoms with Crippen molar-refractivity contribution in [1.82, 2.24) is 9.80 Å². The van der Waals surface area contributed by atoms with Crippen molar-refractivity contribution in [2.45, 2.75) is 12.8 Å². The fraction of sp³-hybridized carbons (Fsp3) is 0.818. The molecule has 0 aromatic heterocycles. The van der Waals surface area contributed by atoms with Crippen LogP contribution in [0.15, 0.2) is 0 Å². The minimum absolute atomic E-state index is 0.117. The van der Waals surface area contributed by atoms with E-state index in [0.717, 1.165) is 18.8 Å². The summed E-state index contributed by atoms with van der Waals surface area (Å²) in [6.07, 6.45) is 3.02. The van der Waals surface area contributed by atoms with E-state index in [1.807, 2.05) is 24.9 Å². The Morgan fingerprint density at radius 2 is 2.00 bits per heavy atom. The summed E-state index contributed by atoms with van der Waals surface area (Å²) in [6, 6.07) is 2.04. The molecule has 16 heavy (non-hydrogen) atoms. The molecule has 0 aromatic carbocycles. The highest BCUT2D eigenvalue weighted by molar-refractivity contribution is 7.98. The molecular formula is C11H21N3OS. The molecule has 0 N–H and O–H groups in total. The van der Waals surface area contributed by atoms with Crippen LogP contribution in [0.1, 0.15) is 12.8 Å². The molecule has 0 saturated carbocycles. The monoisotopic (exact) mass is 243 g/mol. The minimum Gasteiger partial charge on any atom is -0.345 e. The SMILES string of the molecule is CSCCN(C)CCC(=O)N(C)CCC#N. The Morgan fingerprint density at radius 3 is 2.56 bits per heavy atom. The summed E-state index contributed by atoms with van der Waals surface area (Å²) in [5, 5.41) is 8.41. The standard InChI is InChI=1S/C11H21N3OS/c1-13(9-10-16-3)8-5-11(15)14(2)7-4-6-12/h4-5,7-10H2,1-3H3. The van der Waals surface area contributed by atoms with Gasteiger partial charge in [-0.3, -0.25) is 4.79 Å². The molecule has 0 rings (SSSR count). The van der Waals surface area contributed by atoms with Crippen molar-refractivity contribution in [2.75, 3.05) is 45.7 Å². The van der Waals surface area contributed by atoms with Crippen LogP contribution < -0.4 is 0 Å². The number of hydrogen-bond acceptors (Lipinski definition) is 4. The van der Waals surface area contributed by atoms with Gasteiger partial charge in [0.2, 0.25) is 5.91 Å². The second kappa shape index (κ2) is 9.49. The summed E-state index contributed by atoms with van der Waals surface area (Å²) in [6.45, 7) is 2.33. The largest absolute Gasteiger partial charge is 0.345 e. The molecule has 0 aromatic rings. The maximum Gasteiger partial charge on any atom is 0.223 e. The first-order valence-corrected chi connectivity index (χ1v) is 6.79. The highest BCUT2D eigenvalue weighted by Gasteiger charge is 2.09. The van der Waals surface area contributed by atoms with E-state index < -0.39 is 0 Å². The van der Waals surface area contributed by atoms with Gasteiger partial charge in [0.25, 0.3) is 0 Å². The quantitative estimate of drug-likeness (QED) is 0.639. The second-order valence-electron chi connectivity index (χ2n) is 3.77. The summed E-state index contributed by atoms with van der Waals surface area (Å²) in [4.78, 5) is 15.4. The lowest BCUT2D eigenvalue weighted by Crippen LogP contribution is -2.32. The molecule has 92 valence electrons. The number of hydrogen-bond donors (Lipinski definition) is 0. The molecule has 0 aliphatic heterocycles. The minimum atomic E-state index is 0.117. The molecule has 0 heterocycles. The van der Waals surface area contributed by atoms with Crippen molar-refractivity contribution >= 4 is 17.7 Å². The van der Waals surface area contributed by atoms with Crippen molar-refractivity contribution in [1.29, 1.82) is 5.26 Å². The van der Waals surface area contributed by atoms with Crippen molar-refractivity contribution in [3.05, 3.63) is 0 Å². The summed E-state index contributed by atoms with van der Waals surface area (Å²) in [5.41, 5.74) is 0. The zero-order valence-corrected chi connectivity index (χ0v) is 11.2. The maximum absolute atomic E-state index is 11.6. The van der Waals surface area contributed by atoms with Gasteiger partial charge in [-0.2, -0.15) is 17.0 Å². The van der Waals surface area contributed by atoms with Crippen molar-refractivity contribution in [3.63, 3.8) is 0 Å². The maximum atomic E-state index is 11.6. The van der Waals surface area contributed by atoms with Crippen molar-refractivity contribution < 1.29 is 4.79 Å². The summed E-state index contributed by atoms with van der Waals surface area (Å²) < 4.78 is 0.